The summed E-state index contributed by atoms with van der Waals surface area (Å²) in [5, 5.41) is 3.32. The average molecular weight is 636 g/mol. The minimum atomic E-state index is -4.22. The van der Waals surface area contributed by atoms with Crippen molar-refractivity contribution < 1.29 is 22.4 Å². The summed E-state index contributed by atoms with van der Waals surface area (Å²) in [7, 11) is -4.22. The molecule has 1 atom stereocenters. The predicted octanol–water partition coefficient (Wildman–Crippen LogP) is 6.15. The highest BCUT2D eigenvalue weighted by Crippen LogP contribution is 2.29. The number of halogens is 2. The molecule has 0 aliphatic rings. The van der Waals surface area contributed by atoms with Gasteiger partial charge >= 0.3 is 0 Å². The van der Waals surface area contributed by atoms with E-state index < -0.39 is 34.3 Å². The van der Waals surface area contributed by atoms with Crippen LogP contribution in [0.25, 0.3) is 0 Å². The summed E-state index contributed by atoms with van der Waals surface area (Å²) in [4.78, 5) is 29.4. The Hall–Kier alpha value is -4.21. The Bertz CT molecular complexity index is 1670. The number of nitrogens with one attached hydrogen (secondary N) is 1. The lowest BCUT2D eigenvalue weighted by atomic mass is 10.0. The lowest BCUT2D eigenvalue weighted by molar-refractivity contribution is -0.140. The quantitative estimate of drug-likeness (QED) is 0.191. The standard InChI is InChI=1S/C34H35ClFN3O4S/c1-3-20-37-34(41)32(22-26-10-6-4-7-11-26)38(23-27-14-17-29(36)18-15-27)33(40)24-39(31-19-16-28(35)21-25(31)2)44(42,43)30-12-8-5-9-13-30/h4-19,21,32H,3,20,22-24H2,1-2H3,(H,37,41)/t32-/m0/s1. The van der Waals surface area contributed by atoms with Gasteiger partial charge in [-0.25, -0.2) is 12.8 Å². The SMILES string of the molecule is CCCNC(=O)[C@H](Cc1ccccc1)N(Cc1ccc(F)cc1)C(=O)CN(c1ccc(Cl)cc1C)S(=O)(=O)c1ccccc1. The molecule has 0 unspecified atom stereocenters. The van der Waals surface area contributed by atoms with Gasteiger partial charge < -0.3 is 10.2 Å². The molecule has 0 heterocycles. The summed E-state index contributed by atoms with van der Waals surface area (Å²) >= 11 is 6.19. The summed E-state index contributed by atoms with van der Waals surface area (Å²) < 4.78 is 43.0. The van der Waals surface area contributed by atoms with Crippen molar-refractivity contribution >= 4 is 39.1 Å². The molecule has 10 heteroatoms. The zero-order valence-electron chi connectivity index (χ0n) is 24.6. The molecule has 0 saturated heterocycles. The number of hydrogen-bond donors (Lipinski definition) is 1. The minimum absolute atomic E-state index is 0.00811. The van der Waals surface area contributed by atoms with Crippen LogP contribution in [0.15, 0.2) is 108 Å². The summed E-state index contributed by atoms with van der Waals surface area (Å²) in [5.41, 5.74) is 2.24. The third kappa shape index (κ3) is 8.24. The number of benzene rings is 4. The number of carbonyl (C=O) groups is 2. The second-order valence-electron chi connectivity index (χ2n) is 10.4. The molecule has 7 nitrogen and oxygen atoms in total. The molecule has 0 saturated carbocycles. The molecule has 2 amide bonds. The Morgan fingerprint density at radius 2 is 1.52 bits per heavy atom. The van der Waals surface area contributed by atoms with E-state index in [-0.39, 0.29) is 29.5 Å². The maximum atomic E-state index is 14.4. The van der Waals surface area contributed by atoms with Crippen LogP contribution in [0.1, 0.15) is 30.0 Å². The molecule has 0 aliphatic heterocycles. The maximum Gasteiger partial charge on any atom is 0.264 e. The van der Waals surface area contributed by atoms with Crippen molar-refractivity contribution in [2.24, 2.45) is 0 Å². The Labute approximate surface area is 263 Å². The largest absolute Gasteiger partial charge is 0.354 e. The van der Waals surface area contributed by atoms with E-state index in [1.54, 1.807) is 55.5 Å². The molecule has 44 heavy (non-hydrogen) atoms. The second-order valence-corrected chi connectivity index (χ2v) is 12.7. The van der Waals surface area contributed by atoms with E-state index >= 15 is 0 Å². The number of aryl methyl sites for hydroxylation is 1. The lowest BCUT2D eigenvalue weighted by Crippen LogP contribution is -2.53. The van der Waals surface area contributed by atoms with Crippen molar-refractivity contribution in [1.29, 1.82) is 0 Å². The molecule has 0 aromatic heterocycles. The van der Waals surface area contributed by atoms with Crippen molar-refractivity contribution in [1.82, 2.24) is 10.2 Å². The van der Waals surface area contributed by atoms with Gasteiger partial charge in [0.1, 0.15) is 18.4 Å². The molecule has 0 radical (unpaired) electrons. The third-order valence-corrected chi connectivity index (χ3v) is 9.13. The fourth-order valence-electron chi connectivity index (χ4n) is 4.84. The van der Waals surface area contributed by atoms with Crippen molar-refractivity contribution in [2.45, 2.75) is 44.2 Å². The number of nitrogens with zero attached hydrogens (tertiary/aromatic N) is 2. The Balaban J connectivity index is 1.81. The van der Waals surface area contributed by atoms with Crippen LogP contribution in [0.5, 0.6) is 0 Å². The lowest BCUT2D eigenvalue weighted by Gasteiger charge is -2.34. The Kier molecular flexibility index (Phi) is 11.1. The molecule has 4 rings (SSSR count). The van der Waals surface area contributed by atoms with Crippen molar-refractivity contribution in [3.05, 3.63) is 131 Å². The first-order valence-corrected chi connectivity index (χ1v) is 16.1. The molecule has 0 spiro atoms. The predicted molar refractivity (Wildman–Crippen MR) is 171 cm³/mol. The van der Waals surface area contributed by atoms with Crippen molar-refractivity contribution in [2.75, 3.05) is 17.4 Å². The van der Waals surface area contributed by atoms with Gasteiger partial charge in [0.15, 0.2) is 0 Å². The normalized spacial score (nSPS) is 11.9. The highest BCUT2D eigenvalue weighted by atomic mass is 35.5. The fourth-order valence-corrected chi connectivity index (χ4v) is 6.56. The van der Waals surface area contributed by atoms with E-state index in [1.807, 2.05) is 37.3 Å². The number of anilines is 1. The number of sulfonamides is 1. The van der Waals surface area contributed by atoms with E-state index in [0.29, 0.717) is 29.1 Å². The van der Waals surface area contributed by atoms with Gasteiger partial charge in [0.2, 0.25) is 11.8 Å². The summed E-state index contributed by atoms with van der Waals surface area (Å²) in [5.74, 6) is -1.41. The molecule has 230 valence electrons. The monoisotopic (exact) mass is 635 g/mol. The van der Waals surface area contributed by atoms with Crippen LogP contribution in [-0.2, 0) is 32.6 Å². The van der Waals surface area contributed by atoms with Gasteiger partial charge in [-0.15, -0.1) is 0 Å². The van der Waals surface area contributed by atoms with E-state index in [0.717, 1.165) is 9.87 Å². The van der Waals surface area contributed by atoms with Gasteiger partial charge in [-0.2, -0.15) is 0 Å². The molecule has 1 N–H and O–H groups in total. The first-order chi connectivity index (χ1) is 21.1. The summed E-state index contributed by atoms with van der Waals surface area (Å²) in [6.07, 6.45) is 0.878. The molecule has 0 fully saturated rings. The van der Waals surface area contributed by atoms with Gasteiger partial charge in [0.25, 0.3) is 10.0 Å². The van der Waals surface area contributed by atoms with Crippen LogP contribution in [0.2, 0.25) is 5.02 Å². The molecular formula is C34H35ClFN3O4S. The van der Waals surface area contributed by atoms with Crippen LogP contribution >= 0.6 is 11.6 Å². The first-order valence-electron chi connectivity index (χ1n) is 14.3. The van der Waals surface area contributed by atoms with Gasteiger partial charge in [-0.05, 0) is 72.5 Å². The highest BCUT2D eigenvalue weighted by molar-refractivity contribution is 7.92. The fraction of sp³-hybridized carbons (Fsp3) is 0.235. The van der Waals surface area contributed by atoms with Gasteiger partial charge in [0, 0.05) is 24.5 Å². The van der Waals surface area contributed by atoms with Crippen molar-refractivity contribution in [3.8, 4) is 0 Å². The maximum absolute atomic E-state index is 14.4. The van der Waals surface area contributed by atoms with E-state index in [9.17, 15) is 22.4 Å². The van der Waals surface area contributed by atoms with E-state index in [1.165, 1.54) is 29.2 Å². The highest BCUT2D eigenvalue weighted by Gasteiger charge is 2.35. The smallest absolute Gasteiger partial charge is 0.264 e. The van der Waals surface area contributed by atoms with Crippen molar-refractivity contribution in [3.63, 3.8) is 0 Å². The molecule has 4 aromatic rings. The zero-order valence-corrected chi connectivity index (χ0v) is 26.2. The molecule has 0 aliphatic carbocycles. The minimum Gasteiger partial charge on any atom is -0.354 e. The number of carbonyl (C=O) groups excluding carboxylic acids is 2. The first kappa shape index (κ1) is 32.7. The average Bonchev–Trinajstić information content (AvgIpc) is 3.02. The number of hydrogen-bond acceptors (Lipinski definition) is 4. The number of rotatable bonds is 13. The van der Waals surface area contributed by atoms with Gasteiger partial charge in [-0.3, -0.25) is 13.9 Å². The molecular weight excluding hydrogens is 601 g/mol. The van der Waals surface area contributed by atoms with Crippen LogP contribution in [-0.4, -0.2) is 44.3 Å². The van der Waals surface area contributed by atoms with Crippen LogP contribution in [0.4, 0.5) is 10.1 Å². The van der Waals surface area contributed by atoms with Crippen LogP contribution < -0.4 is 9.62 Å². The van der Waals surface area contributed by atoms with E-state index in [4.69, 9.17) is 11.6 Å². The Morgan fingerprint density at radius 3 is 2.14 bits per heavy atom. The van der Waals surface area contributed by atoms with Gasteiger partial charge in [-0.1, -0.05) is 79.2 Å². The topological polar surface area (TPSA) is 86.8 Å². The van der Waals surface area contributed by atoms with Crippen LogP contribution in [0.3, 0.4) is 0 Å². The number of amides is 2. The third-order valence-electron chi connectivity index (χ3n) is 7.12. The van der Waals surface area contributed by atoms with Gasteiger partial charge in [0.05, 0.1) is 10.6 Å². The Morgan fingerprint density at radius 1 is 0.886 bits per heavy atom. The van der Waals surface area contributed by atoms with Crippen LogP contribution in [0, 0.1) is 12.7 Å². The molecule has 4 aromatic carbocycles. The molecule has 0 bridgehead atoms. The zero-order chi connectivity index (χ0) is 31.7. The summed E-state index contributed by atoms with van der Waals surface area (Å²) in [6, 6.07) is 26.6. The summed E-state index contributed by atoms with van der Waals surface area (Å²) in [6.45, 7) is 3.41. The second kappa shape index (κ2) is 15.0. The van der Waals surface area contributed by atoms with E-state index in [2.05, 4.69) is 5.32 Å².